The summed E-state index contributed by atoms with van der Waals surface area (Å²) in [6, 6.07) is 5.07. The van der Waals surface area contributed by atoms with Crippen LogP contribution in [0.25, 0.3) is 11.1 Å². The van der Waals surface area contributed by atoms with Crippen LogP contribution >= 0.6 is 0 Å². The van der Waals surface area contributed by atoms with Crippen LogP contribution in [0.5, 0.6) is 0 Å². The van der Waals surface area contributed by atoms with Gasteiger partial charge >= 0.3 is 0 Å². The van der Waals surface area contributed by atoms with E-state index in [1.807, 2.05) is 13.0 Å². The van der Waals surface area contributed by atoms with Crippen LogP contribution in [0.2, 0.25) is 0 Å². The first-order valence-corrected chi connectivity index (χ1v) is 6.94. The molecule has 2 atom stereocenters. The number of amides is 1. The topological polar surface area (TPSA) is 75.8 Å². The number of rotatable bonds is 3. The Morgan fingerprint density at radius 3 is 3.10 bits per heavy atom. The summed E-state index contributed by atoms with van der Waals surface area (Å²) in [5.41, 5.74) is 2.13. The van der Waals surface area contributed by atoms with Crippen LogP contribution < -0.4 is 0 Å². The van der Waals surface area contributed by atoms with E-state index < -0.39 is 0 Å². The van der Waals surface area contributed by atoms with Gasteiger partial charge in [0.05, 0.1) is 18.8 Å². The number of aliphatic hydroxyl groups excluding tert-OH is 1. The maximum atomic E-state index is 12.6. The van der Waals surface area contributed by atoms with E-state index in [2.05, 4.69) is 4.98 Å². The van der Waals surface area contributed by atoms with E-state index in [1.165, 1.54) is 0 Å². The van der Waals surface area contributed by atoms with E-state index in [9.17, 15) is 9.90 Å². The van der Waals surface area contributed by atoms with Crippen molar-refractivity contribution in [2.45, 2.75) is 25.5 Å². The number of hydrogen-bond acceptors (Lipinski definition) is 5. The Labute approximate surface area is 122 Å². The zero-order valence-corrected chi connectivity index (χ0v) is 12.1. The van der Waals surface area contributed by atoms with Gasteiger partial charge in [0.2, 0.25) is 0 Å². The van der Waals surface area contributed by atoms with Crippen molar-refractivity contribution in [3.63, 3.8) is 0 Å². The minimum atomic E-state index is -0.232. The molecule has 0 aliphatic carbocycles. The normalized spacial score (nSPS) is 22.1. The van der Waals surface area contributed by atoms with E-state index in [-0.39, 0.29) is 30.4 Å². The summed E-state index contributed by atoms with van der Waals surface area (Å²) < 4.78 is 10.9. The molecule has 3 heterocycles. The monoisotopic (exact) mass is 290 g/mol. The second-order valence-electron chi connectivity index (χ2n) is 5.33. The molecule has 1 fully saturated rings. The first-order chi connectivity index (χ1) is 10.1. The highest BCUT2D eigenvalue weighted by Crippen LogP contribution is 2.25. The van der Waals surface area contributed by atoms with Crippen LogP contribution in [0, 0.1) is 6.92 Å². The molecule has 1 saturated heterocycles. The van der Waals surface area contributed by atoms with Gasteiger partial charge in [-0.2, -0.15) is 0 Å². The predicted molar refractivity (Wildman–Crippen MR) is 76.1 cm³/mol. The molecule has 112 valence electrons. The van der Waals surface area contributed by atoms with Gasteiger partial charge in [-0.3, -0.25) is 4.79 Å². The summed E-state index contributed by atoms with van der Waals surface area (Å²) in [6.07, 6.45) is 0.590. The van der Waals surface area contributed by atoms with Crippen LogP contribution in [0.1, 0.15) is 22.7 Å². The first-order valence-electron chi connectivity index (χ1n) is 6.94. The van der Waals surface area contributed by atoms with Crippen molar-refractivity contribution in [1.82, 2.24) is 9.88 Å². The van der Waals surface area contributed by atoms with Crippen molar-refractivity contribution in [3.05, 3.63) is 29.7 Å². The molecular weight excluding hydrogens is 272 g/mol. The lowest BCUT2D eigenvalue weighted by molar-refractivity contribution is 0.0619. The fourth-order valence-corrected chi connectivity index (χ4v) is 2.74. The van der Waals surface area contributed by atoms with Crippen LogP contribution in [0.15, 0.2) is 22.6 Å². The molecule has 1 amide bonds. The molecule has 0 radical (unpaired) electrons. The highest BCUT2D eigenvalue weighted by Gasteiger charge is 2.36. The number of aromatic nitrogens is 1. The number of likely N-dealkylation sites (tertiary alicyclic amines) is 1. The van der Waals surface area contributed by atoms with Crippen LogP contribution in [0.4, 0.5) is 0 Å². The second kappa shape index (κ2) is 5.46. The fourth-order valence-electron chi connectivity index (χ4n) is 2.74. The molecule has 1 aliphatic heterocycles. The number of pyridine rings is 1. The summed E-state index contributed by atoms with van der Waals surface area (Å²) in [4.78, 5) is 18.5. The standard InChI is InChI=1S/C15H18N2O4/c1-9-3-4-13-12(16-9)6-14(21-13)15(19)17-7-11(20-2)5-10(17)8-18/h3-4,6,10-11,18H,5,7-8H2,1-2H3/t10-,11-/m0/s1. The Hall–Kier alpha value is -1.92. The molecule has 0 bridgehead atoms. The number of hydrogen-bond donors (Lipinski definition) is 1. The zero-order chi connectivity index (χ0) is 15.0. The molecule has 0 aromatic carbocycles. The molecule has 1 N–H and O–H groups in total. The Morgan fingerprint density at radius 1 is 1.57 bits per heavy atom. The van der Waals surface area contributed by atoms with E-state index in [0.29, 0.717) is 24.1 Å². The average molecular weight is 290 g/mol. The van der Waals surface area contributed by atoms with Crippen molar-refractivity contribution < 1.29 is 19.1 Å². The number of nitrogens with zero attached hydrogens (tertiary/aromatic N) is 2. The van der Waals surface area contributed by atoms with Gasteiger partial charge in [0.25, 0.3) is 5.91 Å². The summed E-state index contributed by atoms with van der Waals surface area (Å²) in [5.74, 6) is 0.0163. The number of aryl methyl sites for hydroxylation is 1. The van der Waals surface area contributed by atoms with Gasteiger partial charge in [0.15, 0.2) is 11.3 Å². The van der Waals surface area contributed by atoms with Crippen molar-refractivity contribution in [3.8, 4) is 0 Å². The lowest BCUT2D eigenvalue weighted by Crippen LogP contribution is -2.37. The van der Waals surface area contributed by atoms with Gasteiger partial charge < -0.3 is 19.2 Å². The SMILES string of the molecule is CO[C@H]1C[C@@H](CO)N(C(=O)c2cc3nc(C)ccc3o2)C1. The van der Waals surface area contributed by atoms with Gasteiger partial charge in [-0.25, -0.2) is 4.98 Å². The predicted octanol–water partition coefficient (Wildman–Crippen LogP) is 1.36. The Bertz CT molecular complexity index is 667. The lowest BCUT2D eigenvalue weighted by atomic mass is 10.2. The van der Waals surface area contributed by atoms with Crippen LogP contribution in [-0.2, 0) is 4.74 Å². The highest BCUT2D eigenvalue weighted by atomic mass is 16.5. The molecule has 21 heavy (non-hydrogen) atoms. The number of ether oxygens (including phenoxy) is 1. The average Bonchev–Trinajstić information content (AvgIpc) is 3.09. The molecule has 0 spiro atoms. The summed E-state index contributed by atoms with van der Waals surface area (Å²) in [7, 11) is 1.61. The van der Waals surface area contributed by atoms with Crippen LogP contribution in [-0.4, -0.2) is 53.3 Å². The van der Waals surface area contributed by atoms with E-state index in [4.69, 9.17) is 9.15 Å². The highest BCUT2D eigenvalue weighted by molar-refractivity contribution is 5.95. The Morgan fingerprint density at radius 2 is 2.38 bits per heavy atom. The van der Waals surface area contributed by atoms with Gasteiger partial charge in [-0.15, -0.1) is 0 Å². The first kappa shape index (κ1) is 14.0. The molecule has 0 saturated carbocycles. The van der Waals surface area contributed by atoms with Crippen molar-refractivity contribution in [2.24, 2.45) is 0 Å². The number of carbonyl (C=O) groups excluding carboxylic acids is 1. The molecule has 6 nitrogen and oxygen atoms in total. The molecule has 1 aliphatic rings. The molecule has 2 aromatic rings. The Kier molecular flexibility index (Phi) is 3.65. The minimum absolute atomic E-state index is 0.0455. The third-order valence-electron chi connectivity index (χ3n) is 3.90. The molecule has 3 rings (SSSR count). The number of fused-ring (bicyclic) bond motifs is 1. The van der Waals surface area contributed by atoms with E-state index >= 15 is 0 Å². The molecule has 6 heteroatoms. The second-order valence-corrected chi connectivity index (χ2v) is 5.33. The molecular formula is C15H18N2O4. The quantitative estimate of drug-likeness (QED) is 0.923. The number of furan rings is 1. The maximum Gasteiger partial charge on any atom is 0.290 e. The van der Waals surface area contributed by atoms with Gasteiger partial charge in [0.1, 0.15) is 5.52 Å². The third kappa shape index (κ3) is 2.52. The Balaban J connectivity index is 1.89. The van der Waals surface area contributed by atoms with E-state index in [0.717, 1.165) is 5.69 Å². The smallest absolute Gasteiger partial charge is 0.290 e. The number of methoxy groups -OCH3 is 1. The van der Waals surface area contributed by atoms with Crippen LogP contribution in [0.3, 0.4) is 0 Å². The van der Waals surface area contributed by atoms with Crippen molar-refractivity contribution in [2.75, 3.05) is 20.3 Å². The molecule has 2 aromatic heterocycles. The summed E-state index contributed by atoms with van der Waals surface area (Å²) in [5, 5.41) is 9.43. The minimum Gasteiger partial charge on any atom is -0.449 e. The van der Waals surface area contributed by atoms with Gasteiger partial charge in [-0.05, 0) is 25.5 Å². The fraction of sp³-hybridized carbons (Fsp3) is 0.467. The van der Waals surface area contributed by atoms with Crippen molar-refractivity contribution in [1.29, 1.82) is 0 Å². The van der Waals surface area contributed by atoms with Gasteiger partial charge in [0, 0.05) is 25.4 Å². The third-order valence-corrected chi connectivity index (χ3v) is 3.90. The summed E-state index contributed by atoms with van der Waals surface area (Å²) >= 11 is 0. The van der Waals surface area contributed by atoms with Crippen molar-refractivity contribution >= 4 is 17.0 Å². The largest absolute Gasteiger partial charge is 0.449 e. The van der Waals surface area contributed by atoms with Gasteiger partial charge in [-0.1, -0.05) is 0 Å². The summed E-state index contributed by atoms with van der Waals surface area (Å²) in [6.45, 7) is 2.27. The zero-order valence-electron chi connectivity index (χ0n) is 12.1. The number of carbonyl (C=O) groups is 1. The molecule has 0 unspecified atom stereocenters. The lowest BCUT2D eigenvalue weighted by Gasteiger charge is -2.21. The number of aliphatic hydroxyl groups is 1. The maximum absolute atomic E-state index is 12.6. The van der Waals surface area contributed by atoms with E-state index in [1.54, 1.807) is 24.1 Å².